The van der Waals surface area contributed by atoms with E-state index in [0.29, 0.717) is 0 Å². The van der Waals surface area contributed by atoms with Crippen LogP contribution in [-0.4, -0.2) is 36.5 Å². The molecular weight excluding hydrogens is 150 g/mol. The molecule has 0 atom stereocenters. The fourth-order valence-electron chi connectivity index (χ4n) is 1.13. The first-order valence-electron chi connectivity index (χ1n) is 4.60. The van der Waals surface area contributed by atoms with Crippen LogP contribution in [0.5, 0.6) is 0 Å². The fraction of sp³-hybridized carbons (Fsp3) is 0.889. The summed E-state index contributed by atoms with van der Waals surface area (Å²) >= 11 is 0. The van der Waals surface area contributed by atoms with Crippen LogP contribution in [0.15, 0.2) is 4.99 Å². The van der Waals surface area contributed by atoms with Crippen LogP contribution in [0.2, 0.25) is 0 Å². The van der Waals surface area contributed by atoms with Crippen molar-refractivity contribution >= 4 is 5.96 Å². The van der Waals surface area contributed by atoms with Crippen molar-refractivity contribution in [2.45, 2.75) is 32.7 Å². The monoisotopic (exact) mass is 169 g/mol. The maximum absolute atomic E-state index is 4.38. The first-order chi connectivity index (χ1) is 5.58. The van der Waals surface area contributed by atoms with Gasteiger partial charge < -0.3 is 10.2 Å². The molecule has 0 saturated heterocycles. The van der Waals surface area contributed by atoms with Crippen molar-refractivity contribution in [3.05, 3.63) is 0 Å². The summed E-state index contributed by atoms with van der Waals surface area (Å²) in [7, 11) is 2.10. The molecule has 1 rings (SSSR count). The highest BCUT2D eigenvalue weighted by molar-refractivity contribution is 5.81. The van der Waals surface area contributed by atoms with Gasteiger partial charge in [0.25, 0.3) is 0 Å². The van der Waals surface area contributed by atoms with Crippen molar-refractivity contribution in [2.24, 2.45) is 4.99 Å². The van der Waals surface area contributed by atoms with Crippen molar-refractivity contribution < 1.29 is 0 Å². The van der Waals surface area contributed by atoms with Crippen molar-refractivity contribution in [3.63, 3.8) is 0 Å². The van der Waals surface area contributed by atoms with Crippen LogP contribution in [-0.2, 0) is 0 Å². The van der Waals surface area contributed by atoms with E-state index in [4.69, 9.17) is 0 Å². The molecule has 1 heterocycles. The topological polar surface area (TPSA) is 27.6 Å². The Bertz CT molecular complexity index is 184. The highest BCUT2D eigenvalue weighted by atomic mass is 15.3. The third kappa shape index (κ3) is 1.71. The van der Waals surface area contributed by atoms with E-state index in [-0.39, 0.29) is 5.54 Å². The summed E-state index contributed by atoms with van der Waals surface area (Å²) in [5.41, 5.74) is 0.205. The summed E-state index contributed by atoms with van der Waals surface area (Å²) in [6.07, 6.45) is 1.13. The Balaban J connectivity index is 2.62. The Kier molecular flexibility index (Phi) is 2.60. The van der Waals surface area contributed by atoms with E-state index in [9.17, 15) is 0 Å². The summed E-state index contributed by atoms with van der Waals surface area (Å²) in [5.74, 6) is 1.04. The van der Waals surface area contributed by atoms with Gasteiger partial charge in [0, 0.05) is 19.1 Å². The molecular formula is C9H19N3. The van der Waals surface area contributed by atoms with E-state index in [0.717, 1.165) is 25.5 Å². The van der Waals surface area contributed by atoms with E-state index in [1.165, 1.54) is 0 Å². The minimum atomic E-state index is 0.205. The summed E-state index contributed by atoms with van der Waals surface area (Å²) in [4.78, 5) is 6.60. The molecule has 1 aliphatic heterocycles. The Morgan fingerprint density at radius 3 is 2.67 bits per heavy atom. The molecule has 0 amide bonds. The molecule has 3 nitrogen and oxygen atoms in total. The molecule has 0 radical (unpaired) electrons. The van der Waals surface area contributed by atoms with Crippen LogP contribution in [0.25, 0.3) is 0 Å². The molecule has 0 fully saturated rings. The van der Waals surface area contributed by atoms with Crippen molar-refractivity contribution in [1.82, 2.24) is 10.2 Å². The smallest absolute Gasteiger partial charge is 0.194 e. The van der Waals surface area contributed by atoms with E-state index in [1.54, 1.807) is 0 Å². The van der Waals surface area contributed by atoms with Gasteiger partial charge >= 0.3 is 0 Å². The Morgan fingerprint density at radius 2 is 2.25 bits per heavy atom. The highest BCUT2D eigenvalue weighted by Crippen LogP contribution is 2.16. The largest absolute Gasteiger partial charge is 0.354 e. The minimum absolute atomic E-state index is 0.205. The molecule has 0 bridgehead atoms. The van der Waals surface area contributed by atoms with Gasteiger partial charge in [0.15, 0.2) is 5.96 Å². The number of aliphatic imine (C=N–C) groups is 1. The van der Waals surface area contributed by atoms with Crippen molar-refractivity contribution in [2.75, 3.05) is 20.1 Å². The maximum atomic E-state index is 4.38. The number of guanidine groups is 1. The zero-order valence-corrected chi connectivity index (χ0v) is 8.52. The Labute approximate surface area is 74.9 Å². The molecule has 3 heteroatoms. The van der Waals surface area contributed by atoms with Crippen LogP contribution in [0.3, 0.4) is 0 Å². The number of nitrogens with zero attached hydrogens (tertiary/aromatic N) is 2. The molecule has 0 saturated carbocycles. The van der Waals surface area contributed by atoms with Crippen LogP contribution in [0, 0.1) is 0 Å². The van der Waals surface area contributed by atoms with E-state index < -0.39 is 0 Å². The van der Waals surface area contributed by atoms with Gasteiger partial charge in [-0.05, 0) is 20.3 Å². The quantitative estimate of drug-likeness (QED) is 0.669. The van der Waals surface area contributed by atoms with Gasteiger partial charge in [-0.2, -0.15) is 0 Å². The lowest BCUT2D eigenvalue weighted by atomic mass is 10.0. The molecule has 0 unspecified atom stereocenters. The van der Waals surface area contributed by atoms with E-state index >= 15 is 0 Å². The zero-order valence-electron chi connectivity index (χ0n) is 8.52. The zero-order chi connectivity index (χ0) is 9.19. The summed E-state index contributed by atoms with van der Waals surface area (Å²) in [6.45, 7) is 8.57. The van der Waals surface area contributed by atoms with Gasteiger partial charge in [0.1, 0.15) is 0 Å². The van der Waals surface area contributed by atoms with Gasteiger partial charge in [-0.1, -0.05) is 6.92 Å². The number of hydrogen-bond acceptors (Lipinski definition) is 3. The molecule has 0 aromatic heterocycles. The minimum Gasteiger partial charge on any atom is -0.354 e. The molecule has 1 N–H and O–H groups in total. The van der Waals surface area contributed by atoms with Crippen LogP contribution in [0.1, 0.15) is 27.2 Å². The van der Waals surface area contributed by atoms with Gasteiger partial charge in [-0.3, -0.25) is 4.99 Å². The fourth-order valence-corrected chi connectivity index (χ4v) is 1.13. The summed E-state index contributed by atoms with van der Waals surface area (Å²) in [5, 5.41) is 3.27. The second-order valence-corrected chi connectivity index (χ2v) is 3.86. The lowest BCUT2D eigenvalue weighted by Crippen LogP contribution is -2.48. The average molecular weight is 169 g/mol. The molecule has 70 valence electrons. The average Bonchev–Trinajstić information content (AvgIpc) is 2.55. The molecule has 12 heavy (non-hydrogen) atoms. The normalized spacial score (nSPS) is 17.2. The van der Waals surface area contributed by atoms with E-state index in [1.807, 2.05) is 0 Å². The molecule has 1 aliphatic rings. The Morgan fingerprint density at radius 1 is 1.58 bits per heavy atom. The maximum Gasteiger partial charge on any atom is 0.194 e. The lowest BCUT2D eigenvalue weighted by Gasteiger charge is -2.36. The van der Waals surface area contributed by atoms with Crippen molar-refractivity contribution in [1.29, 1.82) is 0 Å². The van der Waals surface area contributed by atoms with Gasteiger partial charge in [0.2, 0.25) is 0 Å². The first-order valence-corrected chi connectivity index (χ1v) is 4.60. The van der Waals surface area contributed by atoms with Crippen LogP contribution in [0.4, 0.5) is 0 Å². The second kappa shape index (κ2) is 3.33. The van der Waals surface area contributed by atoms with Crippen LogP contribution >= 0.6 is 0 Å². The van der Waals surface area contributed by atoms with Gasteiger partial charge in [0.05, 0.1) is 6.54 Å². The predicted octanol–water partition coefficient (Wildman–Crippen LogP) is 1.07. The summed E-state index contributed by atoms with van der Waals surface area (Å²) in [6, 6.07) is 0. The predicted molar refractivity (Wildman–Crippen MR) is 52.4 cm³/mol. The highest BCUT2D eigenvalue weighted by Gasteiger charge is 2.25. The van der Waals surface area contributed by atoms with Crippen molar-refractivity contribution in [3.8, 4) is 0 Å². The van der Waals surface area contributed by atoms with Gasteiger partial charge in [-0.15, -0.1) is 0 Å². The summed E-state index contributed by atoms with van der Waals surface area (Å²) < 4.78 is 0. The number of nitrogens with one attached hydrogen (secondary N) is 1. The van der Waals surface area contributed by atoms with Gasteiger partial charge in [-0.25, -0.2) is 0 Å². The molecule has 0 spiro atoms. The number of hydrogen-bond donors (Lipinski definition) is 1. The van der Waals surface area contributed by atoms with Crippen LogP contribution < -0.4 is 5.32 Å². The standard InChI is InChI=1S/C9H19N3/c1-5-9(2,3)12(4)8-10-6-7-11-8/h5-7H2,1-4H3,(H,10,11). The molecule has 0 aromatic rings. The number of rotatable bonds is 2. The third-order valence-electron chi connectivity index (χ3n) is 2.75. The second-order valence-electron chi connectivity index (χ2n) is 3.86. The molecule has 0 aliphatic carbocycles. The lowest BCUT2D eigenvalue weighted by molar-refractivity contribution is 0.241. The first kappa shape index (κ1) is 9.36. The Hall–Kier alpha value is -0.730. The third-order valence-corrected chi connectivity index (χ3v) is 2.75. The van der Waals surface area contributed by atoms with E-state index in [2.05, 4.69) is 43.0 Å². The molecule has 0 aromatic carbocycles. The SMILES string of the molecule is CCC(C)(C)N(C)C1=NCCN1.